The lowest BCUT2D eigenvalue weighted by atomic mass is 9.84. The van der Waals surface area contributed by atoms with Crippen LogP contribution in [-0.4, -0.2) is 56.8 Å². The summed E-state index contributed by atoms with van der Waals surface area (Å²) in [5.74, 6) is 1.04. The minimum absolute atomic E-state index is 0. The van der Waals surface area contributed by atoms with Crippen LogP contribution in [-0.2, 0) is 12.0 Å². The van der Waals surface area contributed by atoms with Crippen molar-refractivity contribution < 1.29 is 19.1 Å². The number of hydrogen-bond donors (Lipinski definition) is 3. The summed E-state index contributed by atoms with van der Waals surface area (Å²) < 4.78 is 11.3. The van der Waals surface area contributed by atoms with Crippen LogP contribution in [0.4, 0.5) is 5.69 Å². The number of methoxy groups -OCH3 is 1. The number of anilines is 1. The van der Waals surface area contributed by atoms with E-state index in [4.69, 9.17) is 14.9 Å². The first-order valence-electron chi connectivity index (χ1n) is 11.3. The third-order valence-electron chi connectivity index (χ3n) is 5.94. The zero-order valence-electron chi connectivity index (χ0n) is 21.4. The van der Waals surface area contributed by atoms with Gasteiger partial charge >= 0.3 is 0 Å². The smallest absolute Gasteiger partial charge is 0.254 e. The van der Waals surface area contributed by atoms with Crippen molar-refractivity contribution in [2.75, 3.05) is 39.7 Å². The number of halogens is 1. The van der Waals surface area contributed by atoms with Gasteiger partial charge in [-0.05, 0) is 42.2 Å². The molecule has 8 nitrogen and oxygen atoms in total. The molecule has 3 rings (SSSR count). The Balaban J connectivity index is 0.00000432. The summed E-state index contributed by atoms with van der Waals surface area (Å²) in [6, 6.07) is 7.15. The fraction of sp³-hybridized carbons (Fsp3) is 0.423. The lowest BCUT2D eigenvalue weighted by Crippen LogP contribution is -2.30. The number of rotatable bonds is 8. The zero-order chi connectivity index (χ0) is 25.2. The van der Waals surface area contributed by atoms with Gasteiger partial charge in [0.15, 0.2) is 5.78 Å². The number of carbonyl (C=O) groups excluding carboxylic acids is 2. The van der Waals surface area contributed by atoms with Crippen LogP contribution >= 0.6 is 17.0 Å². The molecule has 1 heterocycles. The van der Waals surface area contributed by atoms with Gasteiger partial charge in [0.25, 0.3) is 5.91 Å². The maximum absolute atomic E-state index is 13.3. The van der Waals surface area contributed by atoms with Crippen molar-refractivity contribution in [1.82, 2.24) is 10.2 Å². The molecule has 0 fully saturated rings. The zero-order valence-corrected chi connectivity index (χ0v) is 23.1. The molecule has 0 radical (unpaired) electrons. The molecule has 0 spiro atoms. The fourth-order valence-corrected chi connectivity index (χ4v) is 4.17. The molecular formula is C26H35BrN4O4. The molecule has 1 aliphatic rings. The van der Waals surface area contributed by atoms with E-state index in [2.05, 4.69) is 31.4 Å². The maximum Gasteiger partial charge on any atom is 0.254 e. The Bertz CT molecular complexity index is 1140. The number of carbonyl (C=O) groups is 2. The highest BCUT2D eigenvalue weighted by Gasteiger charge is 2.30. The van der Waals surface area contributed by atoms with Gasteiger partial charge in [0.05, 0.1) is 31.5 Å². The lowest BCUT2D eigenvalue weighted by Gasteiger charge is -2.25. The van der Waals surface area contributed by atoms with E-state index < -0.39 is 0 Å². The first-order valence-corrected chi connectivity index (χ1v) is 11.3. The Morgan fingerprint density at radius 2 is 1.83 bits per heavy atom. The first-order chi connectivity index (χ1) is 16.0. The van der Waals surface area contributed by atoms with E-state index in [-0.39, 0.29) is 46.5 Å². The van der Waals surface area contributed by atoms with Gasteiger partial charge in [-0.3, -0.25) is 15.0 Å². The Morgan fingerprint density at radius 1 is 1.14 bits per heavy atom. The van der Waals surface area contributed by atoms with Gasteiger partial charge in [-0.1, -0.05) is 20.8 Å². The summed E-state index contributed by atoms with van der Waals surface area (Å²) in [5.41, 5.74) is 3.88. The quantitative estimate of drug-likeness (QED) is 0.424. The van der Waals surface area contributed by atoms with E-state index in [1.54, 1.807) is 44.3 Å². The molecule has 0 atom stereocenters. The molecular weight excluding hydrogens is 512 g/mol. The number of nitrogens with zero attached hydrogens (tertiary/aromatic N) is 1. The summed E-state index contributed by atoms with van der Waals surface area (Å²) in [6.45, 7) is 8.95. The molecule has 0 saturated carbocycles. The SMILES string of the molecule is Br.CCOc1cc2c(cc1C(=O)NC)C(=N)N(CC(=O)c1cc(NC)c(OC)c(C(C)(C)C)c1)C2. The number of amidine groups is 1. The molecule has 1 amide bonds. The van der Waals surface area contributed by atoms with E-state index in [9.17, 15) is 9.59 Å². The predicted molar refractivity (Wildman–Crippen MR) is 144 cm³/mol. The van der Waals surface area contributed by atoms with Gasteiger partial charge in [-0.15, -0.1) is 17.0 Å². The van der Waals surface area contributed by atoms with E-state index in [0.29, 0.717) is 35.6 Å². The second-order valence-corrected chi connectivity index (χ2v) is 9.25. The molecule has 2 aromatic rings. The molecule has 0 aromatic heterocycles. The lowest BCUT2D eigenvalue weighted by molar-refractivity contribution is 0.0953. The molecule has 0 bridgehead atoms. The van der Waals surface area contributed by atoms with E-state index in [1.165, 1.54) is 0 Å². The highest BCUT2D eigenvalue weighted by atomic mass is 79.9. The van der Waals surface area contributed by atoms with Crippen LogP contribution in [0.25, 0.3) is 0 Å². The molecule has 3 N–H and O–H groups in total. The number of ketones is 1. The monoisotopic (exact) mass is 546 g/mol. The van der Waals surface area contributed by atoms with Crippen molar-refractivity contribution in [1.29, 1.82) is 5.41 Å². The summed E-state index contributed by atoms with van der Waals surface area (Å²) in [4.78, 5) is 27.4. The van der Waals surface area contributed by atoms with Gasteiger partial charge in [0.1, 0.15) is 17.3 Å². The number of ether oxygens (including phenoxy) is 2. The third-order valence-corrected chi connectivity index (χ3v) is 5.94. The van der Waals surface area contributed by atoms with Gasteiger partial charge in [0.2, 0.25) is 0 Å². The standard InChI is InChI=1S/C26H34N4O4.BrH/c1-8-34-22-11-16-13-30(24(27)17(16)12-18(22)25(32)29-6)14-21(31)15-9-19(26(2,3)4)23(33-7)20(10-15)28-5;/h9-12,27-28H,8,13-14H2,1-7H3,(H,29,32);1H. The fourth-order valence-electron chi connectivity index (χ4n) is 4.17. The van der Waals surface area contributed by atoms with Crippen LogP contribution in [0.1, 0.15) is 65.1 Å². The average molecular weight is 547 g/mol. The van der Waals surface area contributed by atoms with Crippen molar-refractivity contribution in [3.8, 4) is 11.5 Å². The van der Waals surface area contributed by atoms with Crippen LogP contribution in [0, 0.1) is 5.41 Å². The summed E-state index contributed by atoms with van der Waals surface area (Å²) in [6.07, 6.45) is 0. The van der Waals surface area contributed by atoms with Crippen molar-refractivity contribution in [2.45, 2.75) is 39.7 Å². The Hall–Kier alpha value is -3.07. The van der Waals surface area contributed by atoms with Gasteiger partial charge in [-0.2, -0.15) is 0 Å². The van der Waals surface area contributed by atoms with E-state index >= 15 is 0 Å². The largest absolute Gasteiger partial charge is 0.494 e. The predicted octanol–water partition coefficient (Wildman–Crippen LogP) is 4.39. The van der Waals surface area contributed by atoms with Crippen molar-refractivity contribution in [3.63, 3.8) is 0 Å². The molecule has 0 unspecified atom stereocenters. The summed E-state index contributed by atoms with van der Waals surface area (Å²) in [7, 11) is 4.98. The summed E-state index contributed by atoms with van der Waals surface area (Å²) >= 11 is 0. The second kappa shape index (κ2) is 11.1. The molecule has 2 aromatic carbocycles. The average Bonchev–Trinajstić information content (AvgIpc) is 3.10. The minimum atomic E-state index is -0.277. The number of amides is 1. The molecule has 190 valence electrons. The summed E-state index contributed by atoms with van der Waals surface area (Å²) in [5, 5.41) is 14.4. The normalized spacial score (nSPS) is 12.5. The number of nitrogens with one attached hydrogen (secondary N) is 3. The maximum atomic E-state index is 13.3. The van der Waals surface area contributed by atoms with Gasteiger partial charge in [0, 0.05) is 37.3 Å². The van der Waals surface area contributed by atoms with Crippen LogP contribution < -0.4 is 20.1 Å². The van der Waals surface area contributed by atoms with Crippen LogP contribution in [0.15, 0.2) is 24.3 Å². The molecule has 35 heavy (non-hydrogen) atoms. The topological polar surface area (TPSA) is 104 Å². The van der Waals surface area contributed by atoms with Crippen molar-refractivity contribution in [3.05, 3.63) is 52.1 Å². The van der Waals surface area contributed by atoms with E-state index in [0.717, 1.165) is 22.6 Å². The molecule has 0 saturated heterocycles. The van der Waals surface area contributed by atoms with Crippen molar-refractivity contribution >= 4 is 40.2 Å². The van der Waals surface area contributed by atoms with E-state index in [1.807, 2.05) is 13.0 Å². The van der Waals surface area contributed by atoms with Crippen LogP contribution in [0.2, 0.25) is 0 Å². The third kappa shape index (κ3) is 5.61. The first kappa shape index (κ1) is 28.2. The van der Waals surface area contributed by atoms with Gasteiger partial charge < -0.3 is 25.0 Å². The second-order valence-electron chi connectivity index (χ2n) is 9.25. The highest BCUT2D eigenvalue weighted by molar-refractivity contribution is 8.93. The number of fused-ring (bicyclic) bond motifs is 1. The Morgan fingerprint density at radius 3 is 2.37 bits per heavy atom. The van der Waals surface area contributed by atoms with Crippen LogP contribution in [0.3, 0.4) is 0 Å². The molecule has 1 aliphatic heterocycles. The van der Waals surface area contributed by atoms with Crippen molar-refractivity contribution in [2.24, 2.45) is 0 Å². The molecule has 0 aliphatic carbocycles. The Kier molecular flexibility index (Phi) is 8.94. The highest BCUT2D eigenvalue weighted by Crippen LogP contribution is 2.38. The number of Topliss-reactive ketones (excluding diaryl/α,β-unsaturated/α-hetero) is 1. The Labute approximate surface area is 217 Å². The number of hydrogen-bond acceptors (Lipinski definition) is 6. The van der Waals surface area contributed by atoms with Gasteiger partial charge in [-0.25, -0.2) is 0 Å². The van der Waals surface area contributed by atoms with Crippen LogP contribution in [0.5, 0.6) is 11.5 Å². The minimum Gasteiger partial charge on any atom is -0.494 e. The molecule has 9 heteroatoms. The number of benzene rings is 2.